The largest absolute Gasteiger partial charge is 0.504 e. The summed E-state index contributed by atoms with van der Waals surface area (Å²) in [5.41, 5.74) is 1.94. The third-order valence-electron chi connectivity index (χ3n) is 5.33. The van der Waals surface area contributed by atoms with Gasteiger partial charge in [0.2, 0.25) is 0 Å². The molecule has 2 aliphatic rings. The lowest BCUT2D eigenvalue weighted by Gasteiger charge is -2.18. The zero-order valence-electron chi connectivity index (χ0n) is 14.7. The van der Waals surface area contributed by atoms with Gasteiger partial charge in [0.15, 0.2) is 23.0 Å². The third-order valence-corrected chi connectivity index (χ3v) is 5.33. The van der Waals surface area contributed by atoms with Gasteiger partial charge in [-0.1, -0.05) is 12.1 Å². The van der Waals surface area contributed by atoms with Crippen molar-refractivity contribution in [2.75, 3.05) is 27.4 Å². The van der Waals surface area contributed by atoms with Gasteiger partial charge in [0.25, 0.3) is 0 Å². The highest BCUT2D eigenvalue weighted by molar-refractivity contribution is 5.44. The second kappa shape index (κ2) is 6.70. The van der Waals surface area contributed by atoms with Crippen molar-refractivity contribution in [3.05, 3.63) is 47.5 Å². The Morgan fingerprint density at radius 2 is 1.19 bits per heavy atom. The summed E-state index contributed by atoms with van der Waals surface area (Å²) in [5, 5.41) is 19.6. The van der Waals surface area contributed by atoms with E-state index < -0.39 is 0 Å². The van der Waals surface area contributed by atoms with Gasteiger partial charge in [-0.05, 0) is 35.4 Å². The molecule has 26 heavy (non-hydrogen) atoms. The van der Waals surface area contributed by atoms with Gasteiger partial charge in [-0.2, -0.15) is 0 Å². The molecule has 0 aromatic heterocycles. The van der Waals surface area contributed by atoms with Crippen LogP contribution in [0.4, 0.5) is 0 Å². The number of aromatic hydroxyl groups is 2. The topological polar surface area (TPSA) is 77.4 Å². The molecule has 6 heteroatoms. The molecule has 2 fully saturated rings. The Bertz CT molecular complexity index is 737. The van der Waals surface area contributed by atoms with Crippen LogP contribution >= 0.6 is 0 Å². The number of rotatable bonds is 4. The minimum Gasteiger partial charge on any atom is -0.504 e. The van der Waals surface area contributed by atoms with Crippen molar-refractivity contribution in [1.82, 2.24) is 0 Å². The van der Waals surface area contributed by atoms with Crippen LogP contribution in [0.1, 0.15) is 23.3 Å². The monoisotopic (exact) mass is 358 g/mol. The fourth-order valence-electron chi connectivity index (χ4n) is 3.98. The maximum absolute atomic E-state index is 9.80. The van der Waals surface area contributed by atoms with Gasteiger partial charge in [0, 0.05) is 11.8 Å². The quantitative estimate of drug-likeness (QED) is 0.874. The second-order valence-electron chi connectivity index (χ2n) is 6.70. The Labute approximate surface area is 151 Å². The van der Waals surface area contributed by atoms with E-state index in [1.807, 2.05) is 24.3 Å². The van der Waals surface area contributed by atoms with E-state index in [9.17, 15) is 10.2 Å². The average Bonchev–Trinajstić information content (AvgIpc) is 3.25. The summed E-state index contributed by atoms with van der Waals surface area (Å²) in [4.78, 5) is 0. The van der Waals surface area contributed by atoms with Gasteiger partial charge >= 0.3 is 0 Å². The number of phenols is 2. The van der Waals surface area contributed by atoms with Gasteiger partial charge in [-0.15, -0.1) is 0 Å². The van der Waals surface area contributed by atoms with Crippen molar-refractivity contribution in [2.24, 2.45) is 11.8 Å². The van der Waals surface area contributed by atoms with Crippen LogP contribution < -0.4 is 9.47 Å². The smallest absolute Gasteiger partial charge is 0.160 e. The fourth-order valence-corrected chi connectivity index (χ4v) is 3.98. The molecule has 0 bridgehead atoms. The first kappa shape index (κ1) is 17.0. The van der Waals surface area contributed by atoms with Gasteiger partial charge in [0.05, 0.1) is 39.6 Å². The fraction of sp³-hybridized carbons (Fsp3) is 0.400. The molecular weight excluding hydrogens is 336 g/mol. The van der Waals surface area contributed by atoms with E-state index in [-0.39, 0.29) is 35.5 Å². The SMILES string of the molecule is COc1cc([C@H]2OC[C@H]3[C@H]2CO[C@H]3c2ccc(O)c(OC)c2)ccc1O. The molecule has 6 nitrogen and oxygen atoms in total. The van der Waals surface area contributed by atoms with E-state index in [1.165, 1.54) is 14.2 Å². The lowest BCUT2D eigenvalue weighted by atomic mass is 9.85. The van der Waals surface area contributed by atoms with Crippen LogP contribution in [0.2, 0.25) is 0 Å². The first-order valence-electron chi connectivity index (χ1n) is 8.59. The molecule has 0 amide bonds. The van der Waals surface area contributed by atoms with E-state index in [2.05, 4.69) is 0 Å². The van der Waals surface area contributed by atoms with Crippen LogP contribution in [0.3, 0.4) is 0 Å². The molecule has 2 saturated heterocycles. The minimum absolute atomic E-state index is 0.0986. The normalized spacial score (nSPS) is 27.3. The van der Waals surface area contributed by atoms with Crippen molar-refractivity contribution in [3.63, 3.8) is 0 Å². The molecule has 2 N–H and O–H groups in total. The predicted molar refractivity (Wildman–Crippen MR) is 93.7 cm³/mol. The zero-order valence-corrected chi connectivity index (χ0v) is 14.7. The van der Waals surface area contributed by atoms with Crippen LogP contribution in [-0.4, -0.2) is 37.6 Å². The van der Waals surface area contributed by atoms with Gasteiger partial charge in [-0.25, -0.2) is 0 Å². The maximum Gasteiger partial charge on any atom is 0.160 e. The number of methoxy groups -OCH3 is 2. The molecular formula is C20H22O6. The predicted octanol–water partition coefficient (Wildman–Crippen LogP) is 3.19. The van der Waals surface area contributed by atoms with Gasteiger partial charge in [0.1, 0.15) is 0 Å². The molecule has 4 atom stereocenters. The number of hydrogen-bond acceptors (Lipinski definition) is 6. The summed E-state index contributed by atoms with van der Waals surface area (Å²) >= 11 is 0. The molecule has 0 spiro atoms. The zero-order chi connectivity index (χ0) is 18.3. The summed E-state index contributed by atoms with van der Waals surface area (Å²) in [6, 6.07) is 10.6. The molecule has 2 aromatic carbocycles. The van der Waals surface area contributed by atoms with Crippen LogP contribution in [0.5, 0.6) is 23.0 Å². The van der Waals surface area contributed by atoms with Crippen molar-refractivity contribution in [3.8, 4) is 23.0 Å². The molecule has 2 aromatic rings. The summed E-state index contributed by atoms with van der Waals surface area (Å²) < 4.78 is 22.6. The Morgan fingerprint density at radius 1 is 0.769 bits per heavy atom. The van der Waals surface area contributed by atoms with Crippen LogP contribution in [0.25, 0.3) is 0 Å². The van der Waals surface area contributed by atoms with E-state index >= 15 is 0 Å². The number of ether oxygens (including phenoxy) is 4. The first-order valence-corrected chi connectivity index (χ1v) is 8.59. The Hall–Kier alpha value is -2.44. The number of benzene rings is 2. The van der Waals surface area contributed by atoms with Crippen molar-refractivity contribution >= 4 is 0 Å². The lowest BCUT2D eigenvalue weighted by Crippen LogP contribution is -2.14. The third kappa shape index (κ3) is 2.75. The highest BCUT2D eigenvalue weighted by Crippen LogP contribution is 2.51. The van der Waals surface area contributed by atoms with E-state index in [0.29, 0.717) is 24.7 Å². The number of phenolic OH excluding ortho intramolecular Hbond substituents is 2. The molecule has 2 heterocycles. The lowest BCUT2D eigenvalue weighted by molar-refractivity contribution is 0.0191. The van der Waals surface area contributed by atoms with Crippen LogP contribution in [0, 0.1) is 11.8 Å². The molecule has 138 valence electrons. The standard InChI is InChI=1S/C20H22O6/c1-23-17-7-11(3-5-15(17)21)19-13-9-26-20(14(13)10-25-19)12-4-6-16(22)18(8-12)24-2/h3-8,13-14,19-22H,9-10H2,1-2H3/t13-,14+,19-,20+. The van der Waals surface area contributed by atoms with Crippen molar-refractivity contribution < 1.29 is 29.2 Å². The molecule has 0 aliphatic carbocycles. The van der Waals surface area contributed by atoms with Crippen molar-refractivity contribution in [2.45, 2.75) is 12.2 Å². The van der Waals surface area contributed by atoms with Gasteiger partial charge in [-0.3, -0.25) is 0 Å². The summed E-state index contributed by atoms with van der Waals surface area (Å²) in [6.45, 7) is 1.18. The number of fused-ring (bicyclic) bond motifs is 1. The number of hydrogen-bond donors (Lipinski definition) is 2. The highest BCUT2D eigenvalue weighted by atomic mass is 16.5. The average molecular weight is 358 g/mol. The molecule has 0 radical (unpaired) electrons. The van der Waals surface area contributed by atoms with Crippen LogP contribution in [0.15, 0.2) is 36.4 Å². The highest BCUT2D eigenvalue weighted by Gasteiger charge is 2.48. The Kier molecular flexibility index (Phi) is 4.38. The molecule has 2 aliphatic heterocycles. The Balaban J connectivity index is 1.58. The second-order valence-corrected chi connectivity index (χ2v) is 6.70. The van der Waals surface area contributed by atoms with Gasteiger partial charge < -0.3 is 29.2 Å². The van der Waals surface area contributed by atoms with E-state index in [1.54, 1.807) is 12.1 Å². The van der Waals surface area contributed by atoms with Crippen LogP contribution in [-0.2, 0) is 9.47 Å². The molecule has 0 unspecified atom stereocenters. The first-order chi connectivity index (χ1) is 12.6. The Morgan fingerprint density at radius 3 is 1.58 bits per heavy atom. The maximum atomic E-state index is 9.80. The summed E-state index contributed by atoms with van der Waals surface area (Å²) in [7, 11) is 3.06. The molecule has 4 rings (SSSR count). The van der Waals surface area contributed by atoms with Crippen molar-refractivity contribution in [1.29, 1.82) is 0 Å². The minimum atomic E-state index is -0.0986. The summed E-state index contributed by atoms with van der Waals surface area (Å²) in [6.07, 6.45) is -0.197. The van der Waals surface area contributed by atoms with E-state index in [4.69, 9.17) is 18.9 Å². The molecule has 0 saturated carbocycles. The van der Waals surface area contributed by atoms with E-state index in [0.717, 1.165) is 11.1 Å². The summed E-state index contributed by atoms with van der Waals surface area (Å²) in [5.74, 6) is 1.54.